The molecule has 0 saturated heterocycles. The maximum absolute atomic E-state index is 11.7. The van der Waals surface area contributed by atoms with E-state index in [0.717, 1.165) is 5.56 Å². The highest BCUT2D eigenvalue weighted by atomic mass is 16.3. The molecule has 1 aliphatic rings. The minimum atomic E-state index is -0.564. The molecule has 0 bridgehead atoms. The fourth-order valence-corrected chi connectivity index (χ4v) is 1.82. The quantitative estimate of drug-likeness (QED) is 0.734. The van der Waals surface area contributed by atoms with Gasteiger partial charge in [0.05, 0.1) is 5.41 Å². The summed E-state index contributed by atoms with van der Waals surface area (Å²) in [5.41, 5.74) is 0.399. The van der Waals surface area contributed by atoms with Crippen molar-refractivity contribution in [1.82, 2.24) is 0 Å². The Hall–Kier alpha value is -1.57. The summed E-state index contributed by atoms with van der Waals surface area (Å²) in [7, 11) is 0. The lowest BCUT2D eigenvalue weighted by molar-refractivity contribution is -0.121. The summed E-state index contributed by atoms with van der Waals surface area (Å²) >= 11 is 0. The summed E-state index contributed by atoms with van der Waals surface area (Å²) in [5, 5.41) is 9.31. The van der Waals surface area contributed by atoms with E-state index in [1.54, 1.807) is 6.08 Å². The van der Waals surface area contributed by atoms with Crippen molar-refractivity contribution in [3.05, 3.63) is 47.7 Å². The third-order valence-corrected chi connectivity index (χ3v) is 2.85. The largest absolute Gasteiger partial charge is 0.505 e. The van der Waals surface area contributed by atoms with Crippen LogP contribution in [0.15, 0.2) is 42.2 Å². The lowest BCUT2D eigenvalue weighted by Crippen LogP contribution is -2.28. The Morgan fingerprint density at radius 1 is 1.29 bits per heavy atom. The van der Waals surface area contributed by atoms with Crippen LogP contribution in [0.1, 0.15) is 18.9 Å². The van der Waals surface area contributed by atoms with E-state index >= 15 is 0 Å². The lowest BCUT2D eigenvalue weighted by Gasteiger charge is -2.22. The molecule has 0 amide bonds. The molecule has 0 fully saturated rings. The smallest absolute Gasteiger partial charge is 0.207 e. The molecule has 14 heavy (non-hydrogen) atoms. The van der Waals surface area contributed by atoms with Gasteiger partial charge in [0.2, 0.25) is 5.78 Å². The number of allylic oxidation sites excluding steroid dienone is 2. The molecule has 2 rings (SSSR count). The summed E-state index contributed by atoms with van der Waals surface area (Å²) in [6, 6.07) is 9.57. The molecule has 0 spiro atoms. The average Bonchev–Trinajstić information content (AvgIpc) is 2.49. The van der Waals surface area contributed by atoms with Crippen LogP contribution in [-0.2, 0) is 10.2 Å². The summed E-state index contributed by atoms with van der Waals surface area (Å²) in [5.74, 6) is -0.278. The van der Waals surface area contributed by atoms with Crippen molar-refractivity contribution < 1.29 is 9.90 Å². The first-order valence-corrected chi connectivity index (χ1v) is 4.64. The van der Waals surface area contributed by atoms with Gasteiger partial charge in [0, 0.05) is 0 Å². The highest BCUT2D eigenvalue weighted by Gasteiger charge is 2.40. The SMILES string of the molecule is CC1(c2ccccc2)CC=C(O)C1=O. The van der Waals surface area contributed by atoms with E-state index in [1.165, 1.54) is 0 Å². The van der Waals surface area contributed by atoms with Gasteiger partial charge in [-0.1, -0.05) is 30.3 Å². The monoisotopic (exact) mass is 188 g/mol. The van der Waals surface area contributed by atoms with Crippen LogP contribution in [0.3, 0.4) is 0 Å². The van der Waals surface area contributed by atoms with E-state index in [1.807, 2.05) is 37.3 Å². The molecule has 0 saturated carbocycles. The Morgan fingerprint density at radius 2 is 1.93 bits per heavy atom. The van der Waals surface area contributed by atoms with E-state index in [2.05, 4.69) is 0 Å². The molecule has 2 nitrogen and oxygen atoms in total. The number of benzene rings is 1. The molecule has 0 aromatic heterocycles. The van der Waals surface area contributed by atoms with E-state index in [-0.39, 0.29) is 11.5 Å². The highest BCUT2D eigenvalue weighted by molar-refractivity contribution is 6.03. The summed E-state index contributed by atoms with van der Waals surface area (Å²) in [4.78, 5) is 11.7. The number of ketones is 1. The van der Waals surface area contributed by atoms with Gasteiger partial charge in [0.15, 0.2) is 5.76 Å². The van der Waals surface area contributed by atoms with Crippen LogP contribution in [0, 0.1) is 0 Å². The summed E-state index contributed by atoms with van der Waals surface area (Å²) < 4.78 is 0. The Kier molecular flexibility index (Phi) is 1.92. The van der Waals surface area contributed by atoms with Gasteiger partial charge in [-0.3, -0.25) is 4.79 Å². The van der Waals surface area contributed by atoms with Crippen molar-refractivity contribution in [3.8, 4) is 0 Å². The second-order valence-electron chi connectivity index (χ2n) is 3.82. The number of hydrogen-bond acceptors (Lipinski definition) is 2. The van der Waals surface area contributed by atoms with Gasteiger partial charge in [-0.05, 0) is 25.0 Å². The number of carbonyl (C=O) groups excluding carboxylic acids is 1. The third-order valence-electron chi connectivity index (χ3n) is 2.85. The van der Waals surface area contributed by atoms with Gasteiger partial charge in [-0.2, -0.15) is 0 Å². The fraction of sp³-hybridized carbons (Fsp3) is 0.250. The van der Waals surface area contributed by atoms with Gasteiger partial charge in [0.1, 0.15) is 0 Å². The Labute approximate surface area is 82.9 Å². The standard InChI is InChI=1S/C12H12O2/c1-12(8-7-10(13)11(12)14)9-5-3-2-4-6-9/h2-7,13H,8H2,1H3. The average molecular weight is 188 g/mol. The minimum Gasteiger partial charge on any atom is -0.505 e. The van der Waals surface area contributed by atoms with Crippen molar-refractivity contribution in [1.29, 1.82) is 0 Å². The van der Waals surface area contributed by atoms with Crippen molar-refractivity contribution in [2.75, 3.05) is 0 Å². The van der Waals surface area contributed by atoms with Gasteiger partial charge in [0.25, 0.3) is 0 Å². The van der Waals surface area contributed by atoms with E-state index in [0.29, 0.717) is 6.42 Å². The van der Waals surface area contributed by atoms with Gasteiger partial charge in [-0.15, -0.1) is 0 Å². The third kappa shape index (κ3) is 1.15. The van der Waals surface area contributed by atoms with Gasteiger partial charge >= 0.3 is 0 Å². The first-order valence-electron chi connectivity index (χ1n) is 4.64. The maximum atomic E-state index is 11.7. The lowest BCUT2D eigenvalue weighted by atomic mass is 9.79. The van der Waals surface area contributed by atoms with Crippen LogP contribution < -0.4 is 0 Å². The zero-order valence-corrected chi connectivity index (χ0v) is 8.03. The van der Waals surface area contributed by atoms with Gasteiger partial charge in [-0.25, -0.2) is 0 Å². The number of Topliss-reactive ketones (excluding diaryl/α,β-unsaturated/α-hetero) is 1. The van der Waals surface area contributed by atoms with Crippen molar-refractivity contribution in [2.24, 2.45) is 0 Å². The molecule has 1 aromatic carbocycles. The molecular weight excluding hydrogens is 176 g/mol. The molecule has 1 aromatic rings. The van der Waals surface area contributed by atoms with Crippen LogP contribution in [-0.4, -0.2) is 10.9 Å². The summed E-state index contributed by atoms with van der Waals surface area (Å²) in [6.45, 7) is 1.87. The number of aliphatic hydroxyl groups is 1. The number of aliphatic hydroxyl groups excluding tert-OH is 1. The molecule has 2 heteroatoms. The molecule has 0 heterocycles. The molecule has 0 aliphatic heterocycles. The normalized spacial score (nSPS) is 26.4. The van der Waals surface area contributed by atoms with Crippen molar-refractivity contribution in [3.63, 3.8) is 0 Å². The Balaban J connectivity index is 2.42. The van der Waals surface area contributed by atoms with Crippen LogP contribution in [0.4, 0.5) is 0 Å². The Morgan fingerprint density at radius 3 is 2.43 bits per heavy atom. The molecule has 0 radical (unpaired) electrons. The van der Waals surface area contributed by atoms with Crippen molar-refractivity contribution >= 4 is 5.78 Å². The molecule has 1 unspecified atom stereocenters. The summed E-state index contributed by atoms with van der Waals surface area (Å²) in [6.07, 6.45) is 2.18. The second kappa shape index (κ2) is 2.98. The zero-order valence-electron chi connectivity index (χ0n) is 8.03. The molecule has 1 N–H and O–H groups in total. The minimum absolute atomic E-state index is 0.101. The fourth-order valence-electron chi connectivity index (χ4n) is 1.82. The van der Waals surface area contributed by atoms with Crippen LogP contribution >= 0.6 is 0 Å². The van der Waals surface area contributed by atoms with E-state index < -0.39 is 5.41 Å². The van der Waals surface area contributed by atoms with Crippen LogP contribution in [0.5, 0.6) is 0 Å². The molecule has 1 aliphatic carbocycles. The number of hydrogen-bond donors (Lipinski definition) is 1. The molecule has 72 valence electrons. The van der Waals surface area contributed by atoms with Crippen LogP contribution in [0.2, 0.25) is 0 Å². The maximum Gasteiger partial charge on any atom is 0.207 e. The highest BCUT2D eigenvalue weighted by Crippen LogP contribution is 2.35. The zero-order chi connectivity index (χ0) is 10.2. The topological polar surface area (TPSA) is 37.3 Å². The van der Waals surface area contributed by atoms with E-state index in [4.69, 9.17) is 0 Å². The number of carbonyl (C=O) groups is 1. The first kappa shape index (κ1) is 9.00. The second-order valence-corrected chi connectivity index (χ2v) is 3.82. The van der Waals surface area contributed by atoms with Gasteiger partial charge < -0.3 is 5.11 Å². The van der Waals surface area contributed by atoms with E-state index in [9.17, 15) is 9.90 Å². The molecular formula is C12H12O2. The Bertz CT molecular complexity index is 392. The first-order chi connectivity index (χ1) is 6.64. The van der Waals surface area contributed by atoms with Crippen LogP contribution in [0.25, 0.3) is 0 Å². The van der Waals surface area contributed by atoms with Crippen molar-refractivity contribution in [2.45, 2.75) is 18.8 Å². The predicted octanol–water partition coefficient (Wildman–Crippen LogP) is 2.36. The molecule has 1 atom stereocenters. The number of rotatable bonds is 1. The predicted molar refractivity (Wildman–Crippen MR) is 54.1 cm³/mol.